The SMILES string of the molecule is C[Si](C)(C)CCS(=O)(=O)c1cn(C2CC2)c2cc(Cl)c(F)cc2c1=O. The molecule has 0 atom stereocenters. The third-order valence-electron chi connectivity index (χ3n) is 4.44. The van der Waals surface area contributed by atoms with Gasteiger partial charge in [-0.2, -0.15) is 0 Å². The number of pyridine rings is 1. The van der Waals surface area contributed by atoms with Gasteiger partial charge < -0.3 is 4.57 Å². The fraction of sp³-hybridized carbons (Fsp3) is 0.471. The van der Waals surface area contributed by atoms with E-state index in [1.54, 1.807) is 4.57 Å². The van der Waals surface area contributed by atoms with E-state index in [4.69, 9.17) is 11.6 Å². The van der Waals surface area contributed by atoms with E-state index in [2.05, 4.69) is 19.6 Å². The Labute approximate surface area is 152 Å². The minimum absolute atomic E-state index is 0.0514. The topological polar surface area (TPSA) is 56.1 Å². The highest BCUT2D eigenvalue weighted by molar-refractivity contribution is 7.91. The van der Waals surface area contributed by atoms with Crippen LogP contribution in [-0.2, 0) is 9.84 Å². The molecule has 0 aliphatic heterocycles. The van der Waals surface area contributed by atoms with E-state index >= 15 is 0 Å². The van der Waals surface area contributed by atoms with Gasteiger partial charge in [0, 0.05) is 20.3 Å². The maximum atomic E-state index is 13.9. The molecule has 1 aliphatic carbocycles. The zero-order chi connectivity index (χ0) is 18.6. The lowest BCUT2D eigenvalue weighted by atomic mass is 10.2. The van der Waals surface area contributed by atoms with Crippen molar-refractivity contribution < 1.29 is 12.8 Å². The Balaban J connectivity index is 2.21. The van der Waals surface area contributed by atoms with Gasteiger partial charge in [0.15, 0.2) is 9.84 Å². The Hall–Kier alpha value is -1.18. The molecule has 25 heavy (non-hydrogen) atoms. The highest BCUT2D eigenvalue weighted by atomic mass is 35.5. The summed E-state index contributed by atoms with van der Waals surface area (Å²) in [5, 5.41) is -0.00137. The van der Waals surface area contributed by atoms with Gasteiger partial charge in [-0.3, -0.25) is 4.79 Å². The molecule has 0 amide bonds. The van der Waals surface area contributed by atoms with Crippen LogP contribution in [0.1, 0.15) is 18.9 Å². The summed E-state index contributed by atoms with van der Waals surface area (Å²) >= 11 is 5.86. The summed E-state index contributed by atoms with van der Waals surface area (Å²) in [6.07, 6.45) is 3.23. The van der Waals surface area contributed by atoms with Crippen LogP contribution in [0.25, 0.3) is 10.9 Å². The summed E-state index contributed by atoms with van der Waals surface area (Å²) in [5.41, 5.74) is -0.152. The zero-order valence-electron chi connectivity index (χ0n) is 14.5. The lowest BCUT2D eigenvalue weighted by Crippen LogP contribution is -2.27. The van der Waals surface area contributed by atoms with Gasteiger partial charge in [-0.25, -0.2) is 12.8 Å². The molecule has 3 rings (SSSR count). The Morgan fingerprint density at radius 1 is 1.28 bits per heavy atom. The number of hydrogen-bond acceptors (Lipinski definition) is 3. The maximum absolute atomic E-state index is 13.9. The lowest BCUT2D eigenvalue weighted by Gasteiger charge is -2.17. The van der Waals surface area contributed by atoms with Gasteiger partial charge in [0.1, 0.15) is 10.7 Å². The Morgan fingerprint density at radius 3 is 2.48 bits per heavy atom. The average molecular weight is 402 g/mol. The predicted molar refractivity (Wildman–Crippen MR) is 102 cm³/mol. The molecular formula is C17H21ClFNO3SSi. The predicted octanol–water partition coefficient (Wildman–Crippen LogP) is 4.24. The summed E-state index contributed by atoms with van der Waals surface area (Å²) < 4.78 is 41.2. The summed E-state index contributed by atoms with van der Waals surface area (Å²) in [4.78, 5) is 12.5. The summed E-state index contributed by atoms with van der Waals surface area (Å²) in [7, 11) is -5.30. The van der Waals surface area contributed by atoms with E-state index in [1.165, 1.54) is 12.3 Å². The van der Waals surface area contributed by atoms with Crippen LogP contribution in [0.5, 0.6) is 0 Å². The molecule has 0 saturated heterocycles. The van der Waals surface area contributed by atoms with Crippen molar-refractivity contribution in [3.05, 3.63) is 39.4 Å². The van der Waals surface area contributed by atoms with E-state index in [0.29, 0.717) is 11.6 Å². The molecule has 0 unspecified atom stereocenters. The third kappa shape index (κ3) is 3.83. The van der Waals surface area contributed by atoms with Crippen molar-refractivity contribution in [3.63, 3.8) is 0 Å². The van der Waals surface area contributed by atoms with Crippen LogP contribution in [0.4, 0.5) is 4.39 Å². The Morgan fingerprint density at radius 2 is 1.92 bits per heavy atom. The van der Waals surface area contributed by atoms with Gasteiger partial charge in [-0.15, -0.1) is 0 Å². The fourth-order valence-electron chi connectivity index (χ4n) is 2.75. The van der Waals surface area contributed by atoms with Crippen molar-refractivity contribution in [2.24, 2.45) is 0 Å². The van der Waals surface area contributed by atoms with E-state index in [9.17, 15) is 17.6 Å². The number of benzene rings is 1. The van der Waals surface area contributed by atoms with E-state index in [1.807, 2.05) is 0 Å². The molecule has 1 saturated carbocycles. The lowest BCUT2D eigenvalue weighted by molar-refractivity contribution is 0.594. The second-order valence-electron chi connectivity index (χ2n) is 7.87. The molecule has 0 spiro atoms. The maximum Gasteiger partial charge on any atom is 0.208 e. The van der Waals surface area contributed by atoms with Gasteiger partial charge in [0.2, 0.25) is 5.43 Å². The highest BCUT2D eigenvalue weighted by Crippen LogP contribution is 2.38. The molecule has 1 fully saturated rings. The molecule has 1 aromatic heterocycles. The molecule has 2 aromatic rings. The summed E-state index contributed by atoms with van der Waals surface area (Å²) in [5.74, 6) is -0.769. The van der Waals surface area contributed by atoms with E-state index < -0.39 is 29.2 Å². The Bertz CT molecular complexity index is 1010. The second-order valence-corrected chi connectivity index (χ2v) is 16.0. The smallest absolute Gasteiger partial charge is 0.208 e. The molecule has 4 nitrogen and oxygen atoms in total. The van der Waals surface area contributed by atoms with Gasteiger partial charge in [0.05, 0.1) is 21.7 Å². The first kappa shape index (κ1) is 18.6. The normalized spacial score (nSPS) is 15.7. The number of hydrogen-bond donors (Lipinski definition) is 0. The first-order valence-electron chi connectivity index (χ1n) is 8.26. The molecule has 0 N–H and O–H groups in total. The molecule has 1 aromatic carbocycles. The highest BCUT2D eigenvalue weighted by Gasteiger charge is 2.30. The van der Waals surface area contributed by atoms with Crippen molar-refractivity contribution in [1.29, 1.82) is 0 Å². The van der Waals surface area contributed by atoms with E-state index in [-0.39, 0.29) is 27.1 Å². The number of halogens is 2. The van der Waals surface area contributed by atoms with Gasteiger partial charge in [0.25, 0.3) is 0 Å². The van der Waals surface area contributed by atoms with E-state index in [0.717, 1.165) is 18.9 Å². The monoisotopic (exact) mass is 401 g/mol. The van der Waals surface area contributed by atoms with Crippen LogP contribution < -0.4 is 5.43 Å². The van der Waals surface area contributed by atoms with Crippen LogP contribution in [0.15, 0.2) is 28.0 Å². The minimum atomic E-state index is -3.72. The molecular weight excluding hydrogens is 381 g/mol. The van der Waals surface area contributed by atoms with Crippen LogP contribution >= 0.6 is 11.6 Å². The number of aromatic nitrogens is 1. The number of fused-ring (bicyclic) bond motifs is 1. The number of sulfone groups is 1. The molecule has 0 bridgehead atoms. The third-order valence-corrected chi connectivity index (χ3v) is 8.54. The minimum Gasteiger partial charge on any atom is -0.343 e. The number of rotatable bonds is 5. The van der Waals surface area contributed by atoms with Crippen molar-refractivity contribution in [2.45, 2.75) is 49.5 Å². The van der Waals surface area contributed by atoms with Crippen LogP contribution in [0.2, 0.25) is 30.7 Å². The molecule has 8 heteroatoms. The molecule has 136 valence electrons. The quantitative estimate of drug-likeness (QED) is 0.704. The standard InChI is InChI=1S/C17H21ClFNO3SSi/c1-25(2,3)7-6-24(22,23)16-10-20(11-4-5-11)15-9-13(18)14(19)8-12(15)17(16)21/h8-11H,4-7H2,1-3H3. The van der Waals surface area contributed by atoms with Gasteiger partial charge in [-0.1, -0.05) is 31.2 Å². The van der Waals surface area contributed by atoms with Crippen molar-refractivity contribution in [3.8, 4) is 0 Å². The van der Waals surface area contributed by atoms with Crippen molar-refractivity contribution in [1.82, 2.24) is 4.57 Å². The second kappa shape index (κ2) is 6.21. The van der Waals surface area contributed by atoms with Gasteiger partial charge >= 0.3 is 0 Å². The largest absolute Gasteiger partial charge is 0.343 e. The summed E-state index contributed by atoms with van der Waals surface area (Å²) in [6, 6.07) is 3.17. The molecule has 1 aliphatic rings. The average Bonchev–Trinajstić information content (AvgIpc) is 3.32. The zero-order valence-corrected chi connectivity index (χ0v) is 17.0. The first-order valence-corrected chi connectivity index (χ1v) is 14.0. The van der Waals surface area contributed by atoms with Crippen molar-refractivity contribution in [2.75, 3.05) is 5.75 Å². The van der Waals surface area contributed by atoms with Crippen LogP contribution in [0, 0.1) is 5.82 Å². The molecule has 1 heterocycles. The first-order chi connectivity index (χ1) is 11.5. The molecule has 0 radical (unpaired) electrons. The Kier molecular flexibility index (Phi) is 4.62. The van der Waals surface area contributed by atoms with Crippen molar-refractivity contribution >= 4 is 40.4 Å². The van der Waals surface area contributed by atoms with Crippen LogP contribution in [-0.4, -0.2) is 26.8 Å². The summed E-state index contributed by atoms with van der Waals surface area (Å²) in [6.45, 7) is 6.26. The van der Waals surface area contributed by atoms with Gasteiger partial charge in [-0.05, 0) is 31.0 Å². The van der Waals surface area contributed by atoms with Crippen LogP contribution in [0.3, 0.4) is 0 Å². The number of nitrogens with zero attached hydrogens (tertiary/aromatic N) is 1. The fourth-order valence-corrected chi connectivity index (χ4v) is 7.31.